The summed E-state index contributed by atoms with van der Waals surface area (Å²) in [7, 11) is 0. The van der Waals surface area contributed by atoms with Crippen LogP contribution in [0.4, 0.5) is 4.79 Å². The van der Waals surface area contributed by atoms with Gasteiger partial charge in [0.25, 0.3) is 0 Å². The second-order valence-electron chi connectivity index (χ2n) is 17.4. The van der Waals surface area contributed by atoms with Crippen molar-refractivity contribution in [2.45, 2.75) is 152 Å². The molecule has 0 spiro atoms. The van der Waals surface area contributed by atoms with Crippen LogP contribution in [0.2, 0.25) is 0 Å². The van der Waals surface area contributed by atoms with Gasteiger partial charge in [0.15, 0.2) is 23.8 Å². The van der Waals surface area contributed by atoms with Crippen LogP contribution in [-0.2, 0) is 39.9 Å². The van der Waals surface area contributed by atoms with E-state index >= 15 is 0 Å². The molecule has 2 aromatic heterocycles. The molecular formula is C41H62N4O8. The van der Waals surface area contributed by atoms with Gasteiger partial charge in [0, 0.05) is 43.0 Å². The molecule has 53 heavy (non-hydrogen) atoms. The minimum atomic E-state index is -1.52. The Bertz CT molecular complexity index is 1640. The van der Waals surface area contributed by atoms with E-state index in [9.17, 15) is 19.2 Å². The number of carbonyl (C=O) groups excluding carboxylic acids is 4. The Morgan fingerprint density at radius 3 is 2.32 bits per heavy atom. The number of rotatable bonds is 8. The van der Waals surface area contributed by atoms with Crippen molar-refractivity contribution in [3.8, 4) is 0 Å². The molecular weight excluding hydrogens is 676 g/mol. The van der Waals surface area contributed by atoms with Crippen LogP contribution in [-0.4, -0.2) is 86.4 Å². The van der Waals surface area contributed by atoms with Gasteiger partial charge in [-0.1, -0.05) is 55.4 Å². The number of nitrogens with zero attached hydrogens (tertiary/aromatic N) is 4. The Kier molecular flexibility index (Phi) is 12.4. The summed E-state index contributed by atoms with van der Waals surface area (Å²) in [6.07, 6.45) is 3.06. The molecule has 0 N–H and O–H groups in total. The van der Waals surface area contributed by atoms with Gasteiger partial charge < -0.3 is 28.4 Å². The predicted molar refractivity (Wildman–Crippen MR) is 200 cm³/mol. The van der Waals surface area contributed by atoms with Crippen LogP contribution < -0.4 is 0 Å². The number of imidazole rings is 1. The number of fused-ring (bicyclic) bond motifs is 2. The molecule has 0 saturated carbocycles. The van der Waals surface area contributed by atoms with E-state index in [0.29, 0.717) is 38.3 Å². The first-order chi connectivity index (χ1) is 24.9. The molecule has 12 nitrogen and oxygen atoms in total. The van der Waals surface area contributed by atoms with Crippen LogP contribution >= 0.6 is 0 Å². The van der Waals surface area contributed by atoms with Gasteiger partial charge in [-0.15, -0.1) is 0 Å². The van der Waals surface area contributed by atoms with Gasteiger partial charge in [0.05, 0.1) is 24.6 Å². The summed E-state index contributed by atoms with van der Waals surface area (Å²) >= 11 is 0. The van der Waals surface area contributed by atoms with E-state index in [1.807, 2.05) is 58.2 Å². The van der Waals surface area contributed by atoms with E-state index in [1.54, 1.807) is 38.2 Å². The maximum absolute atomic E-state index is 14.5. The molecule has 3 fully saturated rings. The summed E-state index contributed by atoms with van der Waals surface area (Å²) in [5.41, 5.74) is -0.580. The van der Waals surface area contributed by atoms with Gasteiger partial charge >= 0.3 is 12.1 Å². The zero-order valence-electron chi connectivity index (χ0n) is 33.7. The number of esters is 1. The van der Waals surface area contributed by atoms with E-state index in [4.69, 9.17) is 18.9 Å². The normalized spacial score (nSPS) is 35.5. The van der Waals surface area contributed by atoms with Crippen molar-refractivity contribution in [3.05, 3.63) is 24.7 Å². The fourth-order valence-corrected chi connectivity index (χ4v) is 9.06. The fraction of sp³-hybridized carbons (Fsp3) is 0.756. The summed E-state index contributed by atoms with van der Waals surface area (Å²) in [6.45, 7) is 22.0. The Hall–Kier alpha value is -3.38. The highest BCUT2D eigenvalue weighted by Crippen LogP contribution is 2.43. The van der Waals surface area contributed by atoms with E-state index in [0.717, 1.165) is 24.0 Å². The van der Waals surface area contributed by atoms with Crippen molar-refractivity contribution < 1.29 is 38.1 Å². The lowest BCUT2D eigenvalue weighted by atomic mass is 9.68. The third kappa shape index (κ3) is 8.33. The number of pyridine rings is 1. The highest BCUT2D eigenvalue weighted by Gasteiger charge is 2.54. The monoisotopic (exact) mass is 738 g/mol. The van der Waals surface area contributed by atoms with E-state index in [-0.39, 0.29) is 23.6 Å². The van der Waals surface area contributed by atoms with Crippen LogP contribution in [0, 0.1) is 40.4 Å². The minimum Gasteiger partial charge on any atom is -0.458 e. The molecule has 5 rings (SSSR count). The number of aromatic nitrogens is 3. The lowest BCUT2D eigenvalue weighted by molar-refractivity contribution is -0.267. The first-order valence-corrected chi connectivity index (χ1v) is 19.7. The fourth-order valence-electron chi connectivity index (χ4n) is 9.06. The van der Waals surface area contributed by atoms with Gasteiger partial charge in [0.1, 0.15) is 22.8 Å². The molecule has 0 aliphatic carbocycles. The van der Waals surface area contributed by atoms with Gasteiger partial charge in [-0.2, -0.15) is 0 Å². The SMILES string of the molecule is CC[C@H]1OC(=O)C(C)(C)C(=O)[C@H](C)[C@@H](OC2O[C@H](C)C[C@H](C)[C@H]2C)C(C)(C)C[C@@H](C)C(=O)[C@H](C)[C@@H]2C1OC(=O)N2CCCCn1cnc2cccnc21. The predicted octanol–water partition coefficient (Wildman–Crippen LogP) is 7.02. The molecule has 2 unspecified atom stereocenters. The Morgan fingerprint density at radius 1 is 0.925 bits per heavy atom. The topological polar surface area (TPSA) is 139 Å². The number of hydrogen-bond acceptors (Lipinski definition) is 10. The van der Waals surface area contributed by atoms with Crippen molar-refractivity contribution in [2.24, 2.45) is 40.4 Å². The molecule has 1 amide bonds. The van der Waals surface area contributed by atoms with Crippen molar-refractivity contribution in [3.63, 3.8) is 0 Å². The molecule has 0 aromatic carbocycles. The van der Waals surface area contributed by atoms with Gasteiger partial charge in [-0.25, -0.2) is 14.8 Å². The second kappa shape index (κ2) is 16.2. The number of unbranched alkanes of at least 4 members (excludes halogenated alkanes) is 1. The molecule has 2 aromatic rings. The number of hydrogen-bond donors (Lipinski definition) is 0. The Balaban J connectivity index is 1.44. The lowest BCUT2D eigenvalue weighted by Crippen LogP contribution is -2.54. The summed E-state index contributed by atoms with van der Waals surface area (Å²) in [6, 6.07) is 3.11. The van der Waals surface area contributed by atoms with Crippen molar-refractivity contribution in [1.82, 2.24) is 19.4 Å². The zero-order chi connectivity index (χ0) is 39.0. The third-order valence-corrected chi connectivity index (χ3v) is 12.3. The lowest BCUT2D eigenvalue weighted by Gasteiger charge is -2.46. The summed E-state index contributed by atoms with van der Waals surface area (Å²) in [4.78, 5) is 67.1. The van der Waals surface area contributed by atoms with Gasteiger partial charge in [-0.05, 0) is 76.3 Å². The van der Waals surface area contributed by atoms with Crippen LogP contribution in [0.5, 0.6) is 0 Å². The number of ether oxygens (including phenoxy) is 4. The summed E-state index contributed by atoms with van der Waals surface area (Å²) in [5, 5.41) is 0. The largest absolute Gasteiger partial charge is 0.458 e. The number of cyclic esters (lactones) is 1. The molecule has 11 atom stereocenters. The van der Waals surface area contributed by atoms with Crippen LogP contribution in [0.25, 0.3) is 11.2 Å². The average Bonchev–Trinajstić information content (AvgIpc) is 3.67. The summed E-state index contributed by atoms with van der Waals surface area (Å²) < 4.78 is 27.3. The summed E-state index contributed by atoms with van der Waals surface area (Å²) in [5.74, 6) is -2.37. The first-order valence-electron chi connectivity index (χ1n) is 19.7. The second-order valence-corrected chi connectivity index (χ2v) is 17.4. The number of amides is 1. The van der Waals surface area contributed by atoms with Crippen LogP contribution in [0.3, 0.4) is 0 Å². The molecule has 294 valence electrons. The number of Topliss-reactive ketones (excluding diaryl/α,β-unsaturated/α-hetero) is 2. The molecule has 0 radical (unpaired) electrons. The number of carbonyl (C=O) groups is 4. The van der Waals surface area contributed by atoms with Crippen LogP contribution in [0.1, 0.15) is 108 Å². The smallest absolute Gasteiger partial charge is 0.410 e. The highest BCUT2D eigenvalue weighted by molar-refractivity contribution is 6.04. The third-order valence-electron chi connectivity index (χ3n) is 12.3. The Labute approximate surface area is 315 Å². The standard InChI is InChI=1S/C41H62N4O8/c1-12-30-33-31(45(39(49)52-33)19-14-13-18-44-22-43-29-16-15-17-42-36(29)44)27(6)32(46)24(3)21-40(8,9)35(28(7)34(47)41(10,11)38(48)51-30)53-37-26(5)23(2)20-25(4)50-37/h15-17,22-28,30-31,33,35,37H,12-14,18-21H2,1-11H3/t23-,24+,25+,26+,27+,28-,30+,31+,33?,35+,37?/m0/s1. The Morgan fingerprint density at radius 2 is 1.62 bits per heavy atom. The minimum absolute atomic E-state index is 0.00685. The molecule has 3 aliphatic heterocycles. The van der Waals surface area contributed by atoms with Crippen molar-refractivity contribution in [1.29, 1.82) is 0 Å². The highest BCUT2D eigenvalue weighted by atomic mass is 16.7. The quantitative estimate of drug-likeness (QED) is 0.158. The van der Waals surface area contributed by atoms with Crippen molar-refractivity contribution in [2.75, 3.05) is 6.54 Å². The average molecular weight is 739 g/mol. The van der Waals surface area contributed by atoms with E-state index in [1.165, 1.54) is 0 Å². The maximum atomic E-state index is 14.5. The maximum Gasteiger partial charge on any atom is 0.410 e. The number of ketones is 2. The van der Waals surface area contributed by atoms with Gasteiger partial charge in [0.2, 0.25) is 0 Å². The molecule has 0 bridgehead atoms. The zero-order valence-corrected chi connectivity index (χ0v) is 33.7. The first kappa shape index (κ1) is 40.8. The van der Waals surface area contributed by atoms with Crippen molar-refractivity contribution >= 4 is 34.8 Å². The van der Waals surface area contributed by atoms with E-state index < -0.39 is 71.3 Å². The van der Waals surface area contributed by atoms with Gasteiger partial charge in [-0.3, -0.25) is 14.4 Å². The number of aryl methyl sites for hydroxylation is 1. The van der Waals surface area contributed by atoms with Crippen LogP contribution in [0.15, 0.2) is 24.7 Å². The molecule has 5 heterocycles. The van der Waals surface area contributed by atoms with E-state index in [2.05, 4.69) is 23.8 Å². The molecule has 3 aliphatic rings. The molecule has 3 saturated heterocycles. The molecule has 12 heteroatoms.